The van der Waals surface area contributed by atoms with E-state index in [-0.39, 0.29) is 0 Å². The molecule has 0 bridgehead atoms. The van der Waals surface area contributed by atoms with Crippen molar-refractivity contribution in [3.05, 3.63) is 53.9 Å². The minimum absolute atomic E-state index is 0.822. The molecule has 0 amide bonds. The third-order valence-corrected chi connectivity index (χ3v) is 3.62. The van der Waals surface area contributed by atoms with Crippen molar-refractivity contribution in [3.8, 4) is 0 Å². The lowest BCUT2D eigenvalue weighted by molar-refractivity contribution is 1.13. The number of aromatic nitrogens is 1. The van der Waals surface area contributed by atoms with Crippen LogP contribution in [0.25, 0.3) is 0 Å². The standard InChI is InChI=1S/C15H17N3S/c1-12-6-5-9-17-15(12)10-19-11-18-14-8-4-3-7-13(14)16-2/h3-9,18H,2,10-11H2,1H3. The first kappa shape index (κ1) is 13.6. The number of benzene rings is 1. The third-order valence-electron chi connectivity index (χ3n) is 2.80. The molecule has 0 saturated heterocycles. The van der Waals surface area contributed by atoms with Gasteiger partial charge in [0.05, 0.1) is 22.9 Å². The van der Waals surface area contributed by atoms with Crippen molar-refractivity contribution >= 4 is 29.9 Å². The summed E-state index contributed by atoms with van der Waals surface area (Å²) in [6.07, 6.45) is 1.84. The highest BCUT2D eigenvalue weighted by atomic mass is 32.2. The van der Waals surface area contributed by atoms with Gasteiger partial charge in [-0.3, -0.25) is 9.98 Å². The summed E-state index contributed by atoms with van der Waals surface area (Å²) >= 11 is 1.80. The molecule has 0 unspecified atom stereocenters. The molecule has 0 aliphatic rings. The van der Waals surface area contributed by atoms with Gasteiger partial charge >= 0.3 is 0 Å². The Hall–Kier alpha value is -1.81. The Morgan fingerprint density at radius 3 is 2.89 bits per heavy atom. The number of pyridine rings is 1. The number of aliphatic imine (C=N–C) groups is 1. The highest BCUT2D eigenvalue weighted by Gasteiger charge is 2.00. The van der Waals surface area contributed by atoms with Crippen LogP contribution < -0.4 is 5.32 Å². The Morgan fingerprint density at radius 1 is 1.26 bits per heavy atom. The first-order valence-electron chi connectivity index (χ1n) is 6.09. The van der Waals surface area contributed by atoms with E-state index < -0.39 is 0 Å². The maximum atomic E-state index is 4.38. The Kier molecular flexibility index (Phi) is 4.98. The second-order valence-corrected chi connectivity index (χ2v) is 5.10. The van der Waals surface area contributed by atoms with Crippen LogP contribution in [0.15, 0.2) is 47.6 Å². The largest absolute Gasteiger partial charge is 0.374 e. The van der Waals surface area contributed by atoms with Gasteiger partial charge in [-0.1, -0.05) is 18.2 Å². The van der Waals surface area contributed by atoms with Crippen molar-refractivity contribution in [2.45, 2.75) is 12.7 Å². The molecule has 3 nitrogen and oxygen atoms in total. The van der Waals surface area contributed by atoms with Crippen LogP contribution in [0.5, 0.6) is 0 Å². The Bertz CT molecular complexity index is 555. The smallest absolute Gasteiger partial charge is 0.0853 e. The molecule has 0 radical (unpaired) electrons. The van der Waals surface area contributed by atoms with Crippen molar-refractivity contribution in [1.82, 2.24) is 4.98 Å². The molecule has 1 heterocycles. The van der Waals surface area contributed by atoms with Crippen LogP contribution in [0, 0.1) is 6.92 Å². The van der Waals surface area contributed by atoms with Gasteiger partial charge in [0.2, 0.25) is 0 Å². The number of hydrogen-bond donors (Lipinski definition) is 1. The van der Waals surface area contributed by atoms with Crippen LogP contribution in [-0.2, 0) is 5.75 Å². The molecule has 1 N–H and O–H groups in total. The van der Waals surface area contributed by atoms with E-state index in [1.165, 1.54) is 5.56 Å². The Labute approximate surface area is 118 Å². The second-order valence-electron chi connectivity index (χ2n) is 4.11. The van der Waals surface area contributed by atoms with E-state index in [0.717, 1.165) is 28.7 Å². The number of aryl methyl sites for hydroxylation is 1. The van der Waals surface area contributed by atoms with Crippen LogP contribution in [0.2, 0.25) is 0 Å². The number of anilines is 1. The van der Waals surface area contributed by atoms with Gasteiger partial charge in [-0.05, 0) is 37.4 Å². The maximum Gasteiger partial charge on any atom is 0.0853 e. The molecule has 0 fully saturated rings. The topological polar surface area (TPSA) is 37.3 Å². The molecule has 0 atom stereocenters. The van der Waals surface area contributed by atoms with Gasteiger partial charge in [0.1, 0.15) is 0 Å². The summed E-state index contributed by atoms with van der Waals surface area (Å²) in [6.45, 7) is 5.66. The molecule has 1 aromatic heterocycles. The molecule has 4 heteroatoms. The van der Waals surface area contributed by atoms with Crippen molar-refractivity contribution in [2.24, 2.45) is 4.99 Å². The summed E-state index contributed by atoms with van der Waals surface area (Å²) in [5, 5.41) is 3.36. The lowest BCUT2D eigenvalue weighted by Gasteiger charge is -2.09. The Balaban J connectivity index is 1.84. The fourth-order valence-electron chi connectivity index (χ4n) is 1.71. The number of hydrogen-bond acceptors (Lipinski definition) is 4. The first-order chi connectivity index (χ1) is 9.31. The lowest BCUT2D eigenvalue weighted by Crippen LogP contribution is -1.99. The maximum absolute atomic E-state index is 4.38. The molecule has 2 aromatic rings. The average molecular weight is 271 g/mol. The van der Waals surface area contributed by atoms with Crippen LogP contribution in [0.3, 0.4) is 0 Å². The Morgan fingerprint density at radius 2 is 2.11 bits per heavy atom. The number of rotatable bonds is 6. The summed E-state index contributed by atoms with van der Waals surface area (Å²) in [4.78, 5) is 8.37. The zero-order chi connectivity index (χ0) is 13.5. The highest BCUT2D eigenvalue weighted by Crippen LogP contribution is 2.24. The number of thioether (sulfide) groups is 1. The van der Waals surface area contributed by atoms with Crippen LogP contribution in [0.4, 0.5) is 11.4 Å². The van der Waals surface area contributed by atoms with E-state index in [9.17, 15) is 0 Å². The zero-order valence-electron chi connectivity index (χ0n) is 11.0. The first-order valence-corrected chi connectivity index (χ1v) is 7.24. The molecule has 19 heavy (non-hydrogen) atoms. The van der Waals surface area contributed by atoms with E-state index in [0.29, 0.717) is 0 Å². The van der Waals surface area contributed by atoms with Crippen molar-refractivity contribution in [1.29, 1.82) is 0 Å². The second kappa shape index (κ2) is 6.95. The predicted molar refractivity (Wildman–Crippen MR) is 84.4 cm³/mol. The monoisotopic (exact) mass is 271 g/mol. The van der Waals surface area contributed by atoms with Crippen LogP contribution in [0.1, 0.15) is 11.3 Å². The normalized spacial score (nSPS) is 10.2. The number of nitrogens with zero attached hydrogens (tertiary/aromatic N) is 2. The fourth-order valence-corrected chi connectivity index (χ4v) is 2.56. The average Bonchev–Trinajstić information content (AvgIpc) is 2.45. The highest BCUT2D eigenvalue weighted by molar-refractivity contribution is 7.98. The molecule has 0 aliphatic heterocycles. The van der Waals surface area contributed by atoms with Crippen LogP contribution >= 0.6 is 11.8 Å². The van der Waals surface area contributed by atoms with Gasteiger partial charge in [0, 0.05) is 11.9 Å². The van der Waals surface area contributed by atoms with Gasteiger partial charge in [-0.2, -0.15) is 0 Å². The molecule has 2 rings (SSSR count). The molecule has 0 aliphatic carbocycles. The minimum atomic E-state index is 0.822. The van der Waals surface area contributed by atoms with E-state index in [4.69, 9.17) is 0 Å². The molecule has 0 spiro atoms. The van der Waals surface area contributed by atoms with Gasteiger partial charge in [0.25, 0.3) is 0 Å². The fraction of sp³-hybridized carbons (Fsp3) is 0.200. The molecule has 98 valence electrons. The summed E-state index contributed by atoms with van der Waals surface area (Å²) in [7, 11) is 0. The zero-order valence-corrected chi connectivity index (χ0v) is 11.8. The van der Waals surface area contributed by atoms with Gasteiger partial charge < -0.3 is 5.32 Å². The van der Waals surface area contributed by atoms with E-state index in [1.807, 2.05) is 36.5 Å². The van der Waals surface area contributed by atoms with Crippen molar-refractivity contribution in [3.63, 3.8) is 0 Å². The summed E-state index contributed by atoms with van der Waals surface area (Å²) in [5.74, 6) is 1.73. The third kappa shape index (κ3) is 3.83. The quantitative estimate of drug-likeness (QED) is 0.490. The minimum Gasteiger partial charge on any atom is -0.374 e. The van der Waals surface area contributed by atoms with E-state index in [1.54, 1.807) is 11.8 Å². The van der Waals surface area contributed by atoms with Gasteiger partial charge in [-0.25, -0.2) is 0 Å². The van der Waals surface area contributed by atoms with Crippen molar-refractivity contribution in [2.75, 3.05) is 11.2 Å². The summed E-state index contributed by atoms with van der Waals surface area (Å²) in [5.41, 5.74) is 4.28. The summed E-state index contributed by atoms with van der Waals surface area (Å²) in [6, 6.07) is 12.0. The lowest BCUT2D eigenvalue weighted by atomic mass is 10.2. The molecular formula is C15H17N3S. The molecular weight excluding hydrogens is 254 g/mol. The van der Waals surface area contributed by atoms with E-state index >= 15 is 0 Å². The molecule has 0 saturated carbocycles. The molecule has 1 aromatic carbocycles. The van der Waals surface area contributed by atoms with Crippen molar-refractivity contribution < 1.29 is 0 Å². The SMILES string of the molecule is C=Nc1ccccc1NCSCc1ncccc1C. The predicted octanol–water partition coefficient (Wildman–Crippen LogP) is 4.02. The van der Waals surface area contributed by atoms with Gasteiger partial charge in [-0.15, -0.1) is 11.8 Å². The number of para-hydroxylation sites is 2. The van der Waals surface area contributed by atoms with E-state index in [2.05, 4.69) is 35.0 Å². The summed E-state index contributed by atoms with van der Waals surface area (Å²) < 4.78 is 0. The van der Waals surface area contributed by atoms with Crippen LogP contribution in [-0.4, -0.2) is 17.6 Å². The van der Waals surface area contributed by atoms with Gasteiger partial charge in [0.15, 0.2) is 0 Å². The number of nitrogens with one attached hydrogen (secondary N) is 1.